The third-order valence-corrected chi connectivity index (χ3v) is 3.59. The quantitative estimate of drug-likeness (QED) is 0.268. The van der Waals surface area contributed by atoms with E-state index >= 15 is 0 Å². The molecule has 0 spiro atoms. The Kier molecular flexibility index (Phi) is 5.48. The van der Waals surface area contributed by atoms with Crippen LogP contribution in [0.3, 0.4) is 0 Å². The van der Waals surface area contributed by atoms with Gasteiger partial charge in [0.2, 0.25) is 0 Å². The van der Waals surface area contributed by atoms with Crippen LogP contribution in [0.2, 0.25) is 0 Å². The summed E-state index contributed by atoms with van der Waals surface area (Å²) in [5.41, 5.74) is 0. The Balaban J connectivity index is 2.05. The van der Waals surface area contributed by atoms with Crippen LogP contribution in [0.15, 0.2) is 0 Å². The lowest BCUT2D eigenvalue weighted by Crippen LogP contribution is -2.62. The topological polar surface area (TPSA) is 169 Å². The van der Waals surface area contributed by atoms with Crippen molar-refractivity contribution in [1.29, 1.82) is 0 Å². The van der Waals surface area contributed by atoms with E-state index in [9.17, 15) is 30.6 Å². The largest absolute Gasteiger partial charge is 0.394 e. The molecule has 0 aromatic rings. The van der Waals surface area contributed by atoms with Crippen molar-refractivity contribution in [2.24, 2.45) is 0 Å². The van der Waals surface area contributed by atoms with Crippen LogP contribution in [-0.4, -0.2) is 104 Å². The molecule has 0 aromatic heterocycles. The first kappa shape index (κ1) is 17.0. The van der Waals surface area contributed by atoms with Crippen LogP contribution in [0.5, 0.6) is 0 Å². The minimum atomic E-state index is -1.70. The zero-order valence-corrected chi connectivity index (χ0v) is 11.0. The number of hydrogen-bond acceptors (Lipinski definition) is 10. The van der Waals surface area contributed by atoms with E-state index in [1.165, 1.54) is 0 Å². The summed E-state index contributed by atoms with van der Waals surface area (Å²) in [5, 5.41) is 66.8. The van der Waals surface area contributed by atoms with Gasteiger partial charge in [0, 0.05) is 0 Å². The molecule has 2 heterocycles. The summed E-state index contributed by atoms with van der Waals surface area (Å²) in [4.78, 5) is 0. The number of ether oxygens (including phenoxy) is 3. The van der Waals surface area contributed by atoms with Crippen LogP contribution in [0.4, 0.5) is 0 Å². The second-order valence-electron chi connectivity index (χ2n) is 5.08. The van der Waals surface area contributed by atoms with Gasteiger partial charge in [-0.1, -0.05) is 0 Å². The molecular formula is C11H20O10. The first-order chi connectivity index (χ1) is 9.86. The number of hydrogen-bond donors (Lipinski definition) is 7. The van der Waals surface area contributed by atoms with Crippen LogP contribution in [0, 0.1) is 0 Å². The second kappa shape index (κ2) is 6.79. The fourth-order valence-electron chi connectivity index (χ4n) is 2.28. The highest BCUT2D eigenvalue weighted by molar-refractivity contribution is 4.91. The Morgan fingerprint density at radius 2 is 1.57 bits per heavy atom. The lowest BCUT2D eigenvalue weighted by Gasteiger charge is -2.43. The number of rotatable bonds is 3. The highest BCUT2D eigenvalue weighted by Crippen LogP contribution is 2.26. The van der Waals surface area contributed by atoms with Gasteiger partial charge < -0.3 is 50.0 Å². The number of aliphatic hydroxyl groups is 7. The first-order valence-electron chi connectivity index (χ1n) is 6.48. The zero-order chi connectivity index (χ0) is 15.7. The molecule has 124 valence electrons. The molecule has 21 heavy (non-hydrogen) atoms. The van der Waals surface area contributed by atoms with Crippen molar-refractivity contribution in [2.75, 3.05) is 13.2 Å². The van der Waals surface area contributed by atoms with Crippen molar-refractivity contribution in [3.05, 3.63) is 0 Å². The molecule has 2 rings (SSSR count). The van der Waals surface area contributed by atoms with Gasteiger partial charge in [0.1, 0.15) is 42.7 Å². The van der Waals surface area contributed by atoms with Gasteiger partial charge in [-0.3, -0.25) is 0 Å². The van der Waals surface area contributed by atoms with Crippen LogP contribution < -0.4 is 0 Å². The third-order valence-electron chi connectivity index (χ3n) is 3.59. The Hall–Kier alpha value is -0.400. The van der Waals surface area contributed by atoms with E-state index in [-0.39, 0.29) is 6.61 Å². The monoisotopic (exact) mass is 312 g/mol. The minimum Gasteiger partial charge on any atom is -0.394 e. The van der Waals surface area contributed by atoms with Gasteiger partial charge in [-0.2, -0.15) is 0 Å². The van der Waals surface area contributed by atoms with Gasteiger partial charge in [-0.15, -0.1) is 0 Å². The molecule has 0 saturated carbocycles. The normalized spacial score (nSPS) is 51.9. The molecule has 2 aliphatic rings. The van der Waals surface area contributed by atoms with Crippen molar-refractivity contribution in [3.8, 4) is 0 Å². The second-order valence-corrected chi connectivity index (χ2v) is 5.08. The molecule has 2 saturated heterocycles. The smallest absolute Gasteiger partial charge is 0.186 e. The van der Waals surface area contributed by atoms with E-state index in [1.807, 2.05) is 0 Å². The van der Waals surface area contributed by atoms with E-state index in [4.69, 9.17) is 19.3 Å². The summed E-state index contributed by atoms with van der Waals surface area (Å²) < 4.78 is 15.0. The predicted molar refractivity (Wildman–Crippen MR) is 62.6 cm³/mol. The van der Waals surface area contributed by atoms with Crippen LogP contribution >= 0.6 is 0 Å². The van der Waals surface area contributed by atoms with Crippen molar-refractivity contribution in [3.63, 3.8) is 0 Å². The highest BCUT2D eigenvalue weighted by atomic mass is 16.7. The molecule has 10 heteroatoms. The molecular weight excluding hydrogens is 292 g/mol. The fraction of sp³-hybridized carbons (Fsp3) is 1.00. The van der Waals surface area contributed by atoms with E-state index < -0.39 is 61.9 Å². The van der Waals surface area contributed by atoms with Gasteiger partial charge in [-0.25, -0.2) is 0 Å². The van der Waals surface area contributed by atoms with E-state index in [0.717, 1.165) is 0 Å². The van der Waals surface area contributed by atoms with Crippen LogP contribution in [0.25, 0.3) is 0 Å². The summed E-state index contributed by atoms with van der Waals surface area (Å²) in [7, 11) is 0. The maximum absolute atomic E-state index is 9.92. The Labute approximate surface area is 119 Å². The summed E-state index contributed by atoms with van der Waals surface area (Å²) in [6.45, 7) is -0.940. The summed E-state index contributed by atoms with van der Waals surface area (Å²) in [6, 6.07) is 0. The molecule has 0 radical (unpaired) electrons. The van der Waals surface area contributed by atoms with Crippen molar-refractivity contribution >= 4 is 0 Å². The van der Waals surface area contributed by atoms with Gasteiger partial charge in [-0.05, 0) is 0 Å². The summed E-state index contributed by atoms with van der Waals surface area (Å²) >= 11 is 0. The van der Waals surface area contributed by atoms with Crippen LogP contribution in [-0.2, 0) is 14.2 Å². The van der Waals surface area contributed by atoms with Crippen molar-refractivity contribution in [2.45, 2.75) is 55.3 Å². The van der Waals surface area contributed by atoms with Gasteiger partial charge in [0.05, 0.1) is 13.2 Å². The molecule has 0 aliphatic carbocycles. The van der Waals surface area contributed by atoms with Gasteiger partial charge in [0.15, 0.2) is 12.6 Å². The molecule has 0 amide bonds. The Morgan fingerprint density at radius 3 is 2.19 bits per heavy atom. The molecule has 10 nitrogen and oxygen atoms in total. The lowest BCUT2D eigenvalue weighted by molar-refractivity contribution is -0.343. The molecule has 2 aliphatic heterocycles. The van der Waals surface area contributed by atoms with Gasteiger partial charge >= 0.3 is 0 Å². The molecule has 7 N–H and O–H groups in total. The Morgan fingerprint density at radius 1 is 0.905 bits per heavy atom. The standard InChI is InChI=1S/C11H20O10/c12-1-4-6(15)9(8(17)10(18)20-4)21-11-7(16)5(14)3(13)2-19-11/h3-18H,1-2H2/t3-,4-,5+,6-,7-,8-,9+,10-,11+/m1/s1. The molecule has 0 unspecified atom stereocenters. The predicted octanol–water partition coefficient (Wildman–Crippen LogP) is -4.76. The zero-order valence-electron chi connectivity index (χ0n) is 11.0. The van der Waals surface area contributed by atoms with Crippen molar-refractivity contribution < 1.29 is 50.0 Å². The van der Waals surface area contributed by atoms with E-state index in [0.29, 0.717) is 0 Å². The van der Waals surface area contributed by atoms with E-state index in [2.05, 4.69) is 0 Å². The van der Waals surface area contributed by atoms with Crippen LogP contribution in [0.1, 0.15) is 0 Å². The van der Waals surface area contributed by atoms with E-state index in [1.54, 1.807) is 0 Å². The van der Waals surface area contributed by atoms with Gasteiger partial charge in [0.25, 0.3) is 0 Å². The average Bonchev–Trinajstić information content (AvgIpc) is 2.47. The summed E-state index contributed by atoms with van der Waals surface area (Å²) in [6.07, 6.45) is -13.3. The molecule has 0 bridgehead atoms. The third kappa shape index (κ3) is 3.35. The average molecular weight is 312 g/mol. The van der Waals surface area contributed by atoms with Crippen molar-refractivity contribution in [1.82, 2.24) is 0 Å². The Bertz CT molecular complexity index is 341. The highest BCUT2D eigenvalue weighted by Gasteiger charge is 2.48. The molecule has 0 aromatic carbocycles. The maximum Gasteiger partial charge on any atom is 0.186 e. The summed E-state index contributed by atoms with van der Waals surface area (Å²) in [5.74, 6) is 0. The minimum absolute atomic E-state index is 0.315. The lowest BCUT2D eigenvalue weighted by atomic mass is 9.98. The molecule has 9 atom stereocenters. The molecule has 2 fully saturated rings. The number of aliphatic hydroxyl groups excluding tert-OH is 7. The SMILES string of the molecule is OC[C@H]1O[C@@H](O)[C@H](O)[C@@H](O[C@@H]2OC[C@@H](O)[C@H](O)[C@H]2O)[C@@H]1O. The maximum atomic E-state index is 9.92. The fourth-order valence-corrected chi connectivity index (χ4v) is 2.28. The first-order valence-corrected chi connectivity index (χ1v) is 6.48.